The van der Waals surface area contributed by atoms with Gasteiger partial charge in [0.05, 0.1) is 20.1 Å². The Balaban J connectivity index is 1.64. The molecule has 0 unspecified atom stereocenters. The van der Waals surface area contributed by atoms with Gasteiger partial charge in [0.1, 0.15) is 21.2 Å². The van der Waals surface area contributed by atoms with Crippen LogP contribution in [0.4, 0.5) is 22.7 Å². The number of fused-ring (bicyclic) bond motifs is 2. The summed E-state index contributed by atoms with van der Waals surface area (Å²) in [5.74, 6) is -1.45. The van der Waals surface area contributed by atoms with Crippen molar-refractivity contribution in [3.8, 4) is 44.9 Å². The van der Waals surface area contributed by atoms with E-state index in [1.165, 1.54) is 60.7 Å². The molecule has 0 aliphatic rings. The lowest BCUT2D eigenvalue weighted by atomic mass is 9.92. The average molecular weight is 822 g/mol. The van der Waals surface area contributed by atoms with Gasteiger partial charge in [-0.15, -0.1) is 0 Å². The van der Waals surface area contributed by atoms with Crippen molar-refractivity contribution in [1.82, 2.24) is 0 Å². The van der Waals surface area contributed by atoms with Crippen molar-refractivity contribution in [3.63, 3.8) is 0 Å². The fourth-order valence-electron chi connectivity index (χ4n) is 6.07. The molecule has 6 aromatic carbocycles. The molecule has 52 heavy (non-hydrogen) atoms. The highest BCUT2D eigenvalue weighted by Crippen LogP contribution is 2.54. The summed E-state index contributed by atoms with van der Waals surface area (Å²) in [7, 11) is -10.4. The van der Waals surface area contributed by atoms with Gasteiger partial charge in [0, 0.05) is 44.4 Å². The van der Waals surface area contributed by atoms with E-state index in [0.29, 0.717) is 0 Å². The summed E-state index contributed by atoms with van der Waals surface area (Å²) < 4.78 is 71.5. The van der Waals surface area contributed by atoms with Crippen LogP contribution in [0.1, 0.15) is 0 Å². The number of nitrogens with two attached hydrogens (primary N) is 2. The van der Waals surface area contributed by atoms with E-state index in [0.717, 1.165) is 0 Å². The van der Waals surface area contributed by atoms with Crippen molar-refractivity contribution in [3.05, 3.63) is 80.8 Å². The molecule has 10 N–H and O–H groups in total. The first kappa shape index (κ1) is 37.0. The zero-order chi connectivity index (χ0) is 38.2. The van der Waals surface area contributed by atoms with Gasteiger partial charge in [-0.25, -0.2) is 11.1 Å². The molecule has 0 heterocycles. The predicted molar refractivity (Wildman–Crippen MR) is 199 cm³/mol. The van der Waals surface area contributed by atoms with Crippen molar-refractivity contribution in [2.45, 2.75) is 9.79 Å². The first-order valence-corrected chi connectivity index (χ1v) is 18.5. The van der Waals surface area contributed by atoms with Crippen LogP contribution in [0.15, 0.2) is 80.7 Å². The minimum absolute atomic E-state index is 0.000277. The summed E-state index contributed by atoms with van der Waals surface area (Å²) in [5, 5.41) is 27.2. The van der Waals surface area contributed by atoms with Gasteiger partial charge in [-0.3, -0.25) is 9.11 Å². The highest BCUT2D eigenvalue weighted by Gasteiger charge is 2.33. The molecule has 0 spiro atoms. The molecule has 0 amide bonds. The van der Waals surface area contributed by atoms with Gasteiger partial charge in [-0.05, 0) is 82.6 Å². The number of nitrogens with zero attached hydrogens (tertiary/aromatic N) is 2. The van der Waals surface area contributed by atoms with Crippen LogP contribution >= 0.6 is 46.4 Å². The zero-order valence-electron chi connectivity index (χ0n) is 25.6. The number of hydrogen-bond donors (Lipinski definition) is 8. The number of rotatable bonds is 7. The second kappa shape index (κ2) is 13.0. The van der Waals surface area contributed by atoms with E-state index in [1.54, 1.807) is 0 Å². The minimum Gasteiger partial charge on any atom is -0.505 e. The van der Waals surface area contributed by atoms with Gasteiger partial charge in [-0.2, -0.15) is 27.1 Å². The summed E-state index contributed by atoms with van der Waals surface area (Å²) in [4.78, 5) is -1.92. The molecule has 0 fully saturated rings. The quantitative estimate of drug-likeness (QED) is 0.0428. The Morgan fingerprint density at radius 3 is 1.10 bits per heavy atom. The molecule has 14 nitrogen and oxygen atoms in total. The Kier molecular flexibility index (Phi) is 9.26. The number of hydrogen-bond acceptors (Lipinski definition) is 12. The fourth-order valence-corrected chi connectivity index (χ4v) is 9.13. The molecule has 0 atom stereocenters. The Bertz CT molecular complexity index is 2600. The third-order valence-electron chi connectivity index (χ3n) is 8.13. The molecule has 6 aromatic rings. The number of halogens is 4. The molecule has 0 bridgehead atoms. The Morgan fingerprint density at radius 1 is 0.519 bits per heavy atom. The molecule has 6 rings (SSSR count). The van der Waals surface area contributed by atoms with Crippen molar-refractivity contribution < 1.29 is 36.2 Å². The first-order valence-electron chi connectivity index (χ1n) is 14.2. The standard InChI is InChI=1S/C32H20Cl4N6O8S2/c33-19-5-11(6-20(34)25(19)23-17-9-13(37)1-3-15(17)29(43)27(41-39)31(23)51(45,46)47)12-7-21(35)26(22(36)8-12)24-18-10-14(38)2-4-16(18)30(44)28(42-40)32(24)52(48,49)50/h1-10,39-40,43-44H,37-38H2,(H,45,46,47)(H,48,49,50). The van der Waals surface area contributed by atoms with Crippen LogP contribution in [0, 0.1) is 11.1 Å². The van der Waals surface area contributed by atoms with Crippen LogP contribution in [-0.4, -0.2) is 36.2 Å². The summed E-state index contributed by atoms with van der Waals surface area (Å²) in [5.41, 5.74) is 25.4. The van der Waals surface area contributed by atoms with E-state index < -0.39 is 52.9 Å². The van der Waals surface area contributed by atoms with Crippen molar-refractivity contribution in [1.29, 1.82) is 11.1 Å². The van der Waals surface area contributed by atoms with Gasteiger partial charge >= 0.3 is 0 Å². The summed E-state index contributed by atoms with van der Waals surface area (Å²) in [6.07, 6.45) is 0. The molecule has 0 saturated heterocycles. The molecule has 0 aromatic heterocycles. The fraction of sp³-hybridized carbons (Fsp3) is 0. The van der Waals surface area contributed by atoms with Crippen molar-refractivity contribution in [2.24, 2.45) is 10.2 Å². The third kappa shape index (κ3) is 6.02. The van der Waals surface area contributed by atoms with Gasteiger partial charge in [0.2, 0.25) is 0 Å². The average Bonchev–Trinajstić information content (AvgIpc) is 3.04. The van der Waals surface area contributed by atoms with Gasteiger partial charge in [0.15, 0.2) is 11.5 Å². The molecule has 266 valence electrons. The smallest absolute Gasteiger partial charge is 0.297 e. The number of anilines is 2. The molecular formula is C32H20Cl4N6O8S2. The summed E-state index contributed by atoms with van der Waals surface area (Å²) in [6.45, 7) is 0. The van der Waals surface area contributed by atoms with Crippen LogP contribution < -0.4 is 11.5 Å². The number of phenolic OH excluding ortho intramolecular Hbond substituents is 2. The largest absolute Gasteiger partial charge is 0.505 e. The molecule has 0 saturated carbocycles. The maximum atomic E-state index is 12.7. The monoisotopic (exact) mass is 820 g/mol. The SMILES string of the molecule is N=Nc1c(S(=O)(=O)O)c(-c2c(Cl)cc(-c3cc(Cl)c(-c4c(S(=O)(=O)O)c(N=N)c(O)c5ccc(N)cc45)c(Cl)c3)cc2Cl)c2cc(N)ccc2c1O. The first-order chi connectivity index (χ1) is 24.3. The van der Waals surface area contributed by atoms with Crippen molar-refractivity contribution in [2.75, 3.05) is 11.5 Å². The molecule has 20 heteroatoms. The van der Waals surface area contributed by atoms with E-state index >= 15 is 0 Å². The Labute approximate surface area is 313 Å². The number of aromatic hydroxyl groups is 2. The van der Waals surface area contributed by atoms with Crippen LogP contribution in [0.2, 0.25) is 20.1 Å². The number of benzene rings is 6. The number of phenols is 2. The third-order valence-corrected chi connectivity index (χ3v) is 11.1. The Hall–Kier alpha value is -4.78. The van der Waals surface area contributed by atoms with Gasteiger partial charge < -0.3 is 21.7 Å². The lowest BCUT2D eigenvalue weighted by Crippen LogP contribution is -2.04. The summed E-state index contributed by atoms with van der Waals surface area (Å²) in [6, 6.07) is 13.5. The highest BCUT2D eigenvalue weighted by molar-refractivity contribution is 7.86. The minimum atomic E-state index is -5.20. The van der Waals surface area contributed by atoms with Crippen LogP contribution in [0.5, 0.6) is 11.5 Å². The molecule has 0 aliphatic carbocycles. The highest BCUT2D eigenvalue weighted by atomic mass is 35.5. The lowest BCUT2D eigenvalue weighted by Gasteiger charge is -2.20. The normalized spacial score (nSPS) is 12.0. The van der Waals surface area contributed by atoms with E-state index in [1.807, 2.05) is 0 Å². The van der Waals surface area contributed by atoms with E-state index in [-0.39, 0.29) is 86.4 Å². The van der Waals surface area contributed by atoms with Gasteiger partial charge in [0.25, 0.3) is 20.2 Å². The second-order valence-electron chi connectivity index (χ2n) is 11.2. The number of nitrogens with one attached hydrogen (secondary N) is 2. The maximum Gasteiger partial charge on any atom is 0.297 e. The predicted octanol–water partition coefficient (Wildman–Crippen LogP) is 10.0. The van der Waals surface area contributed by atoms with Crippen LogP contribution in [0.3, 0.4) is 0 Å². The van der Waals surface area contributed by atoms with Gasteiger partial charge in [-0.1, -0.05) is 46.4 Å². The van der Waals surface area contributed by atoms with Crippen LogP contribution in [0.25, 0.3) is 54.9 Å². The van der Waals surface area contributed by atoms with E-state index in [4.69, 9.17) is 68.9 Å². The van der Waals surface area contributed by atoms with Crippen LogP contribution in [-0.2, 0) is 20.2 Å². The zero-order valence-corrected chi connectivity index (χ0v) is 30.2. The second-order valence-corrected chi connectivity index (χ2v) is 15.6. The maximum absolute atomic E-state index is 12.7. The lowest BCUT2D eigenvalue weighted by molar-refractivity contribution is 0.472. The Morgan fingerprint density at radius 2 is 0.827 bits per heavy atom. The molecular weight excluding hydrogens is 802 g/mol. The topological polar surface area (TPSA) is 274 Å². The molecule has 0 radical (unpaired) electrons. The van der Waals surface area contributed by atoms with E-state index in [9.17, 15) is 36.2 Å². The van der Waals surface area contributed by atoms with Crippen molar-refractivity contribution >= 4 is 111 Å². The van der Waals surface area contributed by atoms with E-state index in [2.05, 4.69) is 10.2 Å². The number of nitrogen functional groups attached to an aromatic ring is 2. The molecule has 0 aliphatic heterocycles. The summed E-state index contributed by atoms with van der Waals surface area (Å²) >= 11 is 27.1.